The lowest BCUT2D eigenvalue weighted by molar-refractivity contribution is 0.960. The van der Waals surface area contributed by atoms with Crippen LogP contribution in [0.1, 0.15) is 5.82 Å². The van der Waals surface area contributed by atoms with E-state index in [2.05, 4.69) is 9.97 Å². The first-order valence-electron chi connectivity index (χ1n) is 3.39. The van der Waals surface area contributed by atoms with Gasteiger partial charge in [-0.25, -0.2) is 9.97 Å². The van der Waals surface area contributed by atoms with Gasteiger partial charge in [-0.1, -0.05) is 11.6 Å². The predicted octanol–water partition coefficient (Wildman–Crippen LogP) is 2.29. The molecule has 0 aliphatic heterocycles. The molecule has 0 saturated heterocycles. The van der Waals surface area contributed by atoms with Gasteiger partial charge in [0.05, 0.1) is 0 Å². The van der Waals surface area contributed by atoms with E-state index in [-0.39, 0.29) is 0 Å². The van der Waals surface area contributed by atoms with Crippen LogP contribution < -0.4 is 0 Å². The second kappa shape index (κ2) is 2.88. The molecule has 2 aromatic heterocycles. The normalized spacial score (nSPS) is 10.5. The van der Waals surface area contributed by atoms with Gasteiger partial charge < -0.3 is 0 Å². The number of aryl methyl sites for hydroxylation is 1. The summed E-state index contributed by atoms with van der Waals surface area (Å²) < 4.78 is 1.90. The van der Waals surface area contributed by atoms with Gasteiger partial charge in [0, 0.05) is 17.8 Å². The van der Waals surface area contributed by atoms with E-state index in [9.17, 15) is 0 Å². The van der Waals surface area contributed by atoms with Crippen molar-refractivity contribution in [2.75, 3.05) is 0 Å². The number of nitrogens with zero attached hydrogens (tertiary/aromatic N) is 3. The molecule has 0 atom stereocenters. The smallest absolute Gasteiger partial charge is 0.196 e. The first-order valence-corrected chi connectivity index (χ1v) is 4.64. The fourth-order valence-electron chi connectivity index (χ4n) is 0.936. The molecule has 0 spiro atoms. The van der Waals surface area contributed by atoms with Crippen molar-refractivity contribution in [1.29, 1.82) is 0 Å². The van der Waals surface area contributed by atoms with Crippen LogP contribution in [0, 0.1) is 6.92 Å². The van der Waals surface area contributed by atoms with Crippen LogP contribution in [-0.4, -0.2) is 14.5 Å². The molecule has 2 heterocycles. The van der Waals surface area contributed by atoms with Crippen LogP contribution in [0.3, 0.4) is 0 Å². The number of halogens is 1. The van der Waals surface area contributed by atoms with Crippen molar-refractivity contribution < 1.29 is 0 Å². The van der Waals surface area contributed by atoms with Crippen molar-refractivity contribution in [3.05, 3.63) is 28.8 Å². The van der Waals surface area contributed by atoms with Gasteiger partial charge >= 0.3 is 0 Å². The van der Waals surface area contributed by atoms with E-state index in [4.69, 9.17) is 11.6 Å². The molecular formula is C7H6ClN3S. The van der Waals surface area contributed by atoms with Crippen molar-refractivity contribution in [2.45, 2.75) is 6.92 Å². The van der Waals surface area contributed by atoms with E-state index >= 15 is 0 Å². The van der Waals surface area contributed by atoms with Gasteiger partial charge in [0.15, 0.2) is 5.13 Å². The second-order valence-electron chi connectivity index (χ2n) is 2.30. The summed E-state index contributed by atoms with van der Waals surface area (Å²) in [6, 6.07) is 0. The van der Waals surface area contributed by atoms with Crippen molar-refractivity contribution in [1.82, 2.24) is 14.5 Å². The minimum atomic E-state index is 0.531. The van der Waals surface area contributed by atoms with Gasteiger partial charge in [0.25, 0.3) is 0 Å². The standard InChI is InChI=1S/C7H6ClN3S/c1-5-9-2-3-11(5)7-10-6(8)4-12-7/h2-4H,1H3. The molecule has 2 rings (SSSR count). The van der Waals surface area contributed by atoms with Gasteiger partial charge in [-0.05, 0) is 6.92 Å². The van der Waals surface area contributed by atoms with Crippen LogP contribution in [0.5, 0.6) is 0 Å². The van der Waals surface area contributed by atoms with E-state index < -0.39 is 0 Å². The van der Waals surface area contributed by atoms with Crippen molar-refractivity contribution >= 4 is 22.9 Å². The summed E-state index contributed by atoms with van der Waals surface area (Å²) in [5, 5.41) is 3.19. The molecule has 0 saturated carbocycles. The maximum atomic E-state index is 5.70. The van der Waals surface area contributed by atoms with Gasteiger partial charge in [0.1, 0.15) is 11.0 Å². The molecule has 0 fully saturated rings. The predicted molar refractivity (Wildman–Crippen MR) is 49.0 cm³/mol. The lowest BCUT2D eigenvalue weighted by atomic mass is 10.7. The van der Waals surface area contributed by atoms with Gasteiger partial charge in [-0.3, -0.25) is 4.57 Å². The molecule has 0 aromatic carbocycles. The Morgan fingerprint density at radius 1 is 1.58 bits per heavy atom. The Labute approximate surface area is 78.7 Å². The molecule has 5 heteroatoms. The maximum absolute atomic E-state index is 5.70. The molecule has 3 nitrogen and oxygen atoms in total. The molecule has 0 radical (unpaired) electrons. The zero-order chi connectivity index (χ0) is 8.55. The lowest BCUT2D eigenvalue weighted by Gasteiger charge is -1.96. The molecule has 0 bridgehead atoms. The Kier molecular flexibility index (Phi) is 1.86. The Bertz CT molecular complexity index is 393. The molecule has 0 amide bonds. The topological polar surface area (TPSA) is 30.7 Å². The SMILES string of the molecule is Cc1nccn1-c1nc(Cl)cs1. The number of imidazole rings is 1. The van der Waals surface area contributed by atoms with Crippen molar-refractivity contribution in [3.8, 4) is 5.13 Å². The van der Waals surface area contributed by atoms with E-state index in [1.54, 1.807) is 11.6 Å². The highest BCUT2D eigenvalue weighted by Gasteiger charge is 2.03. The molecule has 2 aromatic rings. The van der Waals surface area contributed by atoms with E-state index in [1.807, 2.05) is 17.7 Å². The highest BCUT2D eigenvalue weighted by atomic mass is 35.5. The van der Waals surface area contributed by atoms with Gasteiger partial charge in [-0.15, -0.1) is 11.3 Å². The lowest BCUT2D eigenvalue weighted by Crippen LogP contribution is -1.93. The van der Waals surface area contributed by atoms with E-state index in [0.29, 0.717) is 5.15 Å². The summed E-state index contributed by atoms with van der Waals surface area (Å²) in [5.41, 5.74) is 0. The largest absolute Gasteiger partial charge is 0.279 e. The van der Waals surface area contributed by atoms with Crippen LogP contribution in [-0.2, 0) is 0 Å². The van der Waals surface area contributed by atoms with Crippen LogP contribution in [0.4, 0.5) is 0 Å². The highest BCUT2D eigenvalue weighted by molar-refractivity contribution is 7.12. The molecule has 62 valence electrons. The fraction of sp³-hybridized carbons (Fsp3) is 0.143. The molecule has 0 aliphatic carbocycles. The minimum absolute atomic E-state index is 0.531. The van der Waals surface area contributed by atoms with Crippen molar-refractivity contribution in [2.24, 2.45) is 0 Å². The summed E-state index contributed by atoms with van der Waals surface area (Å²) in [6.45, 7) is 1.93. The molecule has 0 unspecified atom stereocenters. The Morgan fingerprint density at radius 3 is 2.92 bits per heavy atom. The number of rotatable bonds is 1. The minimum Gasteiger partial charge on any atom is -0.279 e. The third-order valence-corrected chi connectivity index (χ3v) is 2.66. The summed E-state index contributed by atoms with van der Waals surface area (Å²) in [4.78, 5) is 8.21. The monoisotopic (exact) mass is 199 g/mol. The van der Waals surface area contributed by atoms with E-state index in [0.717, 1.165) is 11.0 Å². The Hall–Kier alpha value is -0.870. The molecule has 0 aliphatic rings. The zero-order valence-corrected chi connectivity index (χ0v) is 7.93. The van der Waals surface area contributed by atoms with Crippen molar-refractivity contribution in [3.63, 3.8) is 0 Å². The molecular weight excluding hydrogens is 194 g/mol. The molecule has 0 N–H and O–H groups in total. The summed E-state index contributed by atoms with van der Waals surface area (Å²) in [7, 11) is 0. The number of aromatic nitrogens is 3. The zero-order valence-electron chi connectivity index (χ0n) is 6.36. The summed E-state index contributed by atoms with van der Waals surface area (Å²) >= 11 is 7.20. The average Bonchev–Trinajstić information content (AvgIpc) is 2.58. The third-order valence-electron chi connectivity index (χ3n) is 1.50. The van der Waals surface area contributed by atoms with Crippen LogP contribution >= 0.6 is 22.9 Å². The quantitative estimate of drug-likeness (QED) is 0.706. The van der Waals surface area contributed by atoms with Crippen LogP contribution in [0.2, 0.25) is 5.15 Å². The molecule has 12 heavy (non-hydrogen) atoms. The maximum Gasteiger partial charge on any atom is 0.196 e. The fourth-order valence-corrected chi connectivity index (χ4v) is 1.91. The number of thiazole rings is 1. The van der Waals surface area contributed by atoms with Crippen LogP contribution in [0.25, 0.3) is 5.13 Å². The van der Waals surface area contributed by atoms with Crippen LogP contribution in [0.15, 0.2) is 17.8 Å². The first-order chi connectivity index (χ1) is 5.77. The van der Waals surface area contributed by atoms with Gasteiger partial charge in [-0.2, -0.15) is 0 Å². The Morgan fingerprint density at radius 2 is 2.42 bits per heavy atom. The Balaban J connectivity index is 2.50. The third kappa shape index (κ3) is 1.23. The number of hydrogen-bond donors (Lipinski definition) is 0. The van der Waals surface area contributed by atoms with Gasteiger partial charge in [0.2, 0.25) is 0 Å². The second-order valence-corrected chi connectivity index (χ2v) is 3.52. The van der Waals surface area contributed by atoms with E-state index in [1.165, 1.54) is 11.3 Å². The first kappa shape index (κ1) is 7.76. The number of hydrogen-bond acceptors (Lipinski definition) is 3. The average molecular weight is 200 g/mol. The highest BCUT2D eigenvalue weighted by Crippen LogP contribution is 2.18. The summed E-state index contributed by atoms with van der Waals surface area (Å²) in [6.07, 6.45) is 3.61. The summed E-state index contributed by atoms with van der Waals surface area (Å²) in [5.74, 6) is 0.918.